The minimum Gasteiger partial charge on any atom is -0.497 e. The summed E-state index contributed by atoms with van der Waals surface area (Å²) in [5.41, 5.74) is 1.15. The standard InChI is InChI=1S/C21H25N5O4S/c1-12-17(31-24-23-12)20(29)26-10-16(19(28)25(2)3)21(11-26)8-7-13-5-6-14(30-4)9-15(13)18(27)22-21/h5-6,9,16H,7-8,10-11H2,1-4H3,(H,22,27)/t16-,21+/m1/s1. The molecule has 164 valence electrons. The maximum atomic E-state index is 13.2. The molecule has 1 saturated heterocycles. The van der Waals surface area contributed by atoms with Gasteiger partial charge in [-0.25, -0.2) is 0 Å². The summed E-state index contributed by atoms with van der Waals surface area (Å²) >= 11 is 1.05. The molecule has 2 aromatic rings. The molecule has 1 spiro atoms. The molecule has 2 aliphatic rings. The first-order valence-corrected chi connectivity index (χ1v) is 10.8. The van der Waals surface area contributed by atoms with Crippen LogP contribution in [0.1, 0.15) is 37.7 Å². The number of nitrogens with zero attached hydrogens (tertiary/aromatic N) is 4. The lowest BCUT2D eigenvalue weighted by atomic mass is 9.81. The number of amides is 3. The molecule has 1 fully saturated rings. The number of hydrogen-bond acceptors (Lipinski definition) is 7. The summed E-state index contributed by atoms with van der Waals surface area (Å²) in [6.07, 6.45) is 1.16. The van der Waals surface area contributed by atoms with Crippen LogP contribution in [0.25, 0.3) is 0 Å². The smallest absolute Gasteiger partial charge is 0.267 e. The molecule has 4 rings (SSSR count). The Bertz CT molecular complexity index is 1050. The lowest BCUT2D eigenvalue weighted by molar-refractivity contribution is -0.134. The van der Waals surface area contributed by atoms with E-state index in [4.69, 9.17) is 4.74 Å². The Hall–Kier alpha value is -3.01. The van der Waals surface area contributed by atoms with Crippen molar-refractivity contribution >= 4 is 29.3 Å². The lowest BCUT2D eigenvalue weighted by Crippen LogP contribution is -2.57. The minimum absolute atomic E-state index is 0.113. The Morgan fingerprint density at radius 1 is 1.35 bits per heavy atom. The highest BCUT2D eigenvalue weighted by Gasteiger charge is 2.53. The molecule has 2 aliphatic heterocycles. The zero-order chi connectivity index (χ0) is 22.3. The summed E-state index contributed by atoms with van der Waals surface area (Å²) < 4.78 is 9.13. The van der Waals surface area contributed by atoms with E-state index >= 15 is 0 Å². The van der Waals surface area contributed by atoms with Crippen LogP contribution in [-0.2, 0) is 11.2 Å². The molecule has 31 heavy (non-hydrogen) atoms. The van der Waals surface area contributed by atoms with Crippen molar-refractivity contribution < 1.29 is 19.1 Å². The number of carbonyl (C=O) groups is 3. The van der Waals surface area contributed by atoms with Crippen molar-refractivity contribution in [3.63, 3.8) is 0 Å². The van der Waals surface area contributed by atoms with Gasteiger partial charge in [-0.05, 0) is 49.0 Å². The van der Waals surface area contributed by atoms with Crippen molar-refractivity contribution in [2.24, 2.45) is 5.92 Å². The number of aryl methyl sites for hydroxylation is 2. The van der Waals surface area contributed by atoms with E-state index < -0.39 is 11.5 Å². The quantitative estimate of drug-likeness (QED) is 0.763. The molecule has 0 aliphatic carbocycles. The van der Waals surface area contributed by atoms with Crippen molar-refractivity contribution in [2.45, 2.75) is 25.3 Å². The van der Waals surface area contributed by atoms with Crippen LogP contribution in [0.2, 0.25) is 0 Å². The molecule has 1 N–H and O–H groups in total. The van der Waals surface area contributed by atoms with Gasteiger partial charge in [0.15, 0.2) is 0 Å². The van der Waals surface area contributed by atoms with E-state index in [2.05, 4.69) is 14.9 Å². The summed E-state index contributed by atoms with van der Waals surface area (Å²) in [6, 6.07) is 5.44. The van der Waals surface area contributed by atoms with Crippen molar-refractivity contribution in [1.82, 2.24) is 24.7 Å². The first-order chi connectivity index (χ1) is 14.8. The van der Waals surface area contributed by atoms with E-state index in [9.17, 15) is 14.4 Å². The minimum atomic E-state index is -0.855. The van der Waals surface area contributed by atoms with E-state index in [1.54, 1.807) is 39.1 Å². The number of ether oxygens (including phenoxy) is 1. The van der Waals surface area contributed by atoms with E-state index in [0.717, 1.165) is 17.1 Å². The van der Waals surface area contributed by atoms with Crippen molar-refractivity contribution in [1.29, 1.82) is 0 Å². The molecule has 0 radical (unpaired) electrons. The molecule has 10 heteroatoms. The molecule has 0 unspecified atom stereocenters. The fraction of sp³-hybridized carbons (Fsp3) is 0.476. The average Bonchev–Trinajstić information content (AvgIpc) is 3.31. The Morgan fingerprint density at radius 3 is 2.77 bits per heavy atom. The fourth-order valence-corrected chi connectivity index (χ4v) is 5.09. The third-order valence-corrected chi connectivity index (χ3v) is 7.00. The second-order valence-corrected chi connectivity index (χ2v) is 9.05. The number of benzene rings is 1. The van der Waals surface area contributed by atoms with Gasteiger partial charge in [-0.3, -0.25) is 14.4 Å². The second kappa shape index (κ2) is 7.92. The van der Waals surface area contributed by atoms with Gasteiger partial charge in [0, 0.05) is 32.7 Å². The van der Waals surface area contributed by atoms with E-state index in [-0.39, 0.29) is 30.8 Å². The van der Waals surface area contributed by atoms with Gasteiger partial charge in [-0.1, -0.05) is 10.6 Å². The number of rotatable bonds is 3. The topological polar surface area (TPSA) is 105 Å². The number of fused-ring (bicyclic) bond motifs is 1. The molecular weight excluding hydrogens is 418 g/mol. The largest absolute Gasteiger partial charge is 0.497 e. The summed E-state index contributed by atoms with van der Waals surface area (Å²) in [5.74, 6) is -0.528. The number of likely N-dealkylation sites (tertiary alicyclic amines) is 1. The second-order valence-electron chi connectivity index (χ2n) is 8.29. The average molecular weight is 444 g/mol. The van der Waals surface area contributed by atoms with Gasteiger partial charge in [0.25, 0.3) is 11.8 Å². The molecule has 3 heterocycles. The monoisotopic (exact) mass is 443 g/mol. The third kappa shape index (κ3) is 3.65. The van der Waals surface area contributed by atoms with Crippen LogP contribution >= 0.6 is 11.5 Å². The van der Waals surface area contributed by atoms with Gasteiger partial charge in [0.05, 0.1) is 24.3 Å². The molecule has 3 amide bonds. The van der Waals surface area contributed by atoms with Gasteiger partial charge < -0.3 is 19.9 Å². The lowest BCUT2D eigenvalue weighted by Gasteiger charge is -2.34. The van der Waals surface area contributed by atoms with Crippen molar-refractivity contribution in [3.05, 3.63) is 39.9 Å². The Morgan fingerprint density at radius 2 is 2.13 bits per heavy atom. The predicted octanol–water partition coefficient (Wildman–Crippen LogP) is 1.13. The summed E-state index contributed by atoms with van der Waals surface area (Å²) in [4.78, 5) is 43.1. The van der Waals surface area contributed by atoms with Crippen molar-refractivity contribution in [2.75, 3.05) is 34.3 Å². The zero-order valence-corrected chi connectivity index (χ0v) is 18.8. The van der Waals surface area contributed by atoms with Crippen LogP contribution in [0.5, 0.6) is 5.75 Å². The summed E-state index contributed by atoms with van der Waals surface area (Å²) in [5, 5.41) is 7.06. The summed E-state index contributed by atoms with van der Waals surface area (Å²) in [6.45, 7) is 2.22. The maximum Gasteiger partial charge on any atom is 0.267 e. The highest BCUT2D eigenvalue weighted by atomic mass is 32.1. The van der Waals surface area contributed by atoms with Gasteiger partial charge in [-0.15, -0.1) is 5.10 Å². The normalized spacial score (nSPS) is 22.6. The number of methoxy groups -OCH3 is 1. The molecule has 2 atom stereocenters. The van der Waals surface area contributed by atoms with Crippen LogP contribution in [0, 0.1) is 12.8 Å². The molecule has 1 aromatic heterocycles. The van der Waals surface area contributed by atoms with Gasteiger partial charge in [0.1, 0.15) is 10.6 Å². The van der Waals surface area contributed by atoms with Gasteiger partial charge in [0.2, 0.25) is 5.91 Å². The number of hydrogen-bond donors (Lipinski definition) is 1. The molecule has 1 aromatic carbocycles. The maximum absolute atomic E-state index is 13.2. The first-order valence-electron chi connectivity index (χ1n) is 10.0. The highest BCUT2D eigenvalue weighted by molar-refractivity contribution is 7.07. The van der Waals surface area contributed by atoms with Crippen molar-refractivity contribution in [3.8, 4) is 5.75 Å². The number of nitrogens with one attached hydrogen (secondary N) is 1. The molecule has 9 nitrogen and oxygen atoms in total. The first kappa shape index (κ1) is 21.2. The zero-order valence-electron chi connectivity index (χ0n) is 18.0. The SMILES string of the molecule is COc1ccc2c(c1)C(=O)N[C@@]1(CC2)CN(C(=O)c2snnc2C)C[C@@H]1C(=O)N(C)C. The van der Waals surface area contributed by atoms with Crippen LogP contribution < -0.4 is 10.1 Å². The van der Waals surface area contributed by atoms with E-state index in [1.165, 1.54) is 4.90 Å². The Balaban J connectivity index is 1.70. The Labute approximate surface area is 184 Å². The highest BCUT2D eigenvalue weighted by Crippen LogP contribution is 2.37. The fourth-order valence-electron chi connectivity index (χ4n) is 4.47. The van der Waals surface area contributed by atoms with E-state index in [0.29, 0.717) is 34.7 Å². The van der Waals surface area contributed by atoms with Gasteiger partial charge >= 0.3 is 0 Å². The third-order valence-electron chi connectivity index (χ3n) is 6.18. The van der Waals surface area contributed by atoms with Crippen LogP contribution in [0.4, 0.5) is 0 Å². The van der Waals surface area contributed by atoms with Crippen LogP contribution in [0.15, 0.2) is 18.2 Å². The molecular formula is C21H25N5O4S. The predicted molar refractivity (Wildman–Crippen MR) is 114 cm³/mol. The number of carbonyl (C=O) groups excluding carboxylic acids is 3. The number of aromatic nitrogens is 2. The van der Waals surface area contributed by atoms with Crippen LogP contribution in [0.3, 0.4) is 0 Å². The summed E-state index contributed by atoms with van der Waals surface area (Å²) in [7, 11) is 4.94. The molecule has 0 bridgehead atoms. The van der Waals surface area contributed by atoms with Gasteiger partial charge in [-0.2, -0.15) is 0 Å². The van der Waals surface area contributed by atoms with E-state index in [1.807, 2.05) is 12.1 Å². The Kier molecular flexibility index (Phi) is 5.42. The van der Waals surface area contributed by atoms with Crippen LogP contribution in [-0.4, -0.2) is 76.9 Å². The molecule has 0 saturated carbocycles.